The second-order valence-electron chi connectivity index (χ2n) is 9.08. The summed E-state index contributed by atoms with van der Waals surface area (Å²) in [5.74, 6) is -0.126. The van der Waals surface area contributed by atoms with Gasteiger partial charge in [-0.2, -0.15) is 0 Å². The third-order valence-electron chi connectivity index (χ3n) is 6.70. The van der Waals surface area contributed by atoms with Crippen LogP contribution in [0.3, 0.4) is 0 Å². The Kier molecular flexibility index (Phi) is 7.34. The number of benzene rings is 3. The Labute approximate surface area is 205 Å². The first-order chi connectivity index (χ1) is 16.8. The Bertz CT molecular complexity index is 1230. The fourth-order valence-electron chi connectivity index (χ4n) is 4.61. The van der Waals surface area contributed by atoms with Crippen LogP contribution in [0.25, 0.3) is 10.8 Å². The average molecular weight is 473 g/mol. The van der Waals surface area contributed by atoms with Crippen LogP contribution in [0.15, 0.2) is 60.7 Å². The van der Waals surface area contributed by atoms with E-state index in [4.69, 9.17) is 21.3 Å². The molecule has 0 aromatic heterocycles. The molecule has 0 saturated carbocycles. The number of carbonyl (C=O) groups is 1. The van der Waals surface area contributed by atoms with Crippen molar-refractivity contribution in [1.29, 1.82) is 10.8 Å². The summed E-state index contributed by atoms with van der Waals surface area (Å²) in [6, 6.07) is 18.9. The topological polar surface area (TPSA) is 123 Å². The lowest BCUT2D eigenvalue weighted by Crippen LogP contribution is -2.41. The number of nitrogen functional groups attached to an aromatic ring is 1. The van der Waals surface area contributed by atoms with Crippen LogP contribution in [0.5, 0.6) is 5.75 Å². The summed E-state index contributed by atoms with van der Waals surface area (Å²) in [4.78, 5) is 14.2. The quantitative estimate of drug-likeness (QED) is 0.278. The predicted molar refractivity (Wildman–Crippen MR) is 139 cm³/mol. The average Bonchev–Trinajstić information content (AvgIpc) is 2.87. The molecule has 7 heteroatoms. The van der Waals surface area contributed by atoms with E-state index in [2.05, 4.69) is 4.90 Å². The molecule has 7 nitrogen and oxygen atoms in total. The van der Waals surface area contributed by atoms with Crippen LogP contribution in [0, 0.1) is 10.8 Å². The van der Waals surface area contributed by atoms with Crippen LogP contribution < -0.4 is 10.5 Å². The van der Waals surface area contributed by atoms with Gasteiger partial charge in [-0.3, -0.25) is 15.6 Å². The van der Waals surface area contributed by atoms with Gasteiger partial charge in [-0.1, -0.05) is 49.4 Å². The number of likely N-dealkylation sites (tertiary alicyclic amines) is 1. The lowest BCUT2D eigenvalue weighted by atomic mass is 9.91. The minimum atomic E-state index is -0.873. The van der Waals surface area contributed by atoms with Crippen molar-refractivity contribution in [2.45, 2.75) is 44.6 Å². The van der Waals surface area contributed by atoms with Gasteiger partial charge in [0.15, 0.2) is 0 Å². The summed E-state index contributed by atoms with van der Waals surface area (Å²) >= 11 is 0. The van der Waals surface area contributed by atoms with Crippen molar-refractivity contribution in [2.75, 3.05) is 13.1 Å². The molecule has 0 radical (unpaired) electrons. The number of nitrogens with two attached hydrogens (primary N) is 1. The van der Waals surface area contributed by atoms with Crippen molar-refractivity contribution in [3.8, 4) is 5.75 Å². The maximum atomic E-state index is 12.1. The van der Waals surface area contributed by atoms with Crippen LogP contribution in [-0.4, -0.2) is 46.8 Å². The second-order valence-corrected chi connectivity index (χ2v) is 9.08. The molecular weight excluding hydrogens is 440 g/mol. The molecule has 182 valence electrons. The zero-order chi connectivity index (χ0) is 24.9. The summed E-state index contributed by atoms with van der Waals surface area (Å²) < 4.78 is 6.14. The maximum Gasteiger partial charge on any atom is 0.311 e. The minimum Gasteiger partial charge on any atom is -0.490 e. The van der Waals surface area contributed by atoms with E-state index in [0.29, 0.717) is 17.8 Å². The summed E-state index contributed by atoms with van der Waals surface area (Å²) in [5, 5.41) is 27.5. The zero-order valence-corrected chi connectivity index (χ0v) is 20.0. The number of nitrogens with one attached hydrogen (secondary N) is 2. The molecule has 1 saturated heterocycles. The summed E-state index contributed by atoms with van der Waals surface area (Å²) in [6.45, 7) is 3.66. The summed E-state index contributed by atoms with van der Waals surface area (Å²) in [5.41, 5.74) is 7.91. The Balaban J connectivity index is 1.43. The second kappa shape index (κ2) is 10.6. The molecule has 1 unspecified atom stereocenters. The van der Waals surface area contributed by atoms with Crippen molar-refractivity contribution in [3.05, 3.63) is 77.4 Å². The molecule has 0 aliphatic carbocycles. The molecule has 1 aliphatic heterocycles. The number of amidine groups is 2. The van der Waals surface area contributed by atoms with Gasteiger partial charge in [-0.25, -0.2) is 0 Å². The van der Waals surface area contributed by atoms with Crippen molar-refractivity contribution in [3.63, 3.8) is 0 Å². The van der Waals surface area contributed by atoms with Gasteiger partial charge < -0.3 is 20.5 Å². The molecular formula is C28H32N4O3. The highest BCUT2D eigenvalue weighted by Gasteiger charge is 2.23. The molecule has 1 fully saturated rings. The molecule has 4 rings (SSSR count). The third-order valence-corrected chi connectivity index (χ3v) is 6.70. The van der Waals surface area contributed by atoms with E-state index in [1.165, 1.54) is 0 Å². The van der Waals surface area contributed by atoms with Gasteiger partial charge in [0.25, 0.3) is 0 Å². The Hall–Kier alpha value is -3.87. The van der Waals surface area contributed by atoms with E-state index in [9.17, 15) is 9.90 Å². The number of hydrogen-bond acceptors (Lipinski definition) is 4. The van der Waals surface area contributed by atoms with Crippen LogP contribution in [0.2, 0.25) is 0 Å². The lowest BCUT2D eigenvalue weighted by Gasteiger charge is -2.33. The van der Waals surface area contributed by atoms with Crippen LogP contribution in [0.1, 0.15) is 48.8 Å². The molecule has 5 N–H and O–H groups in total. The SMILES string of the molecule is CCC(=N)N1CCC(Oc2ccc(C(Cc3ccc4ccc(C(=N)N)cc4c3)C(=O)O)cc2)CC1. The standard InChI is InChI=1S/C28H32N4O3/c1-2-26(29)32-13-11-24(12-14-32)35-23-9-7-20(8-10-23)25(28(33)34)16-18-3-4-19-5-6-21(27(30)31)17-22(19)15-18/h3-10,15,17,24-25,29H,2,11-14,16H2,1H3,(H3,30,31)(H,33,34). The van der Waals surface area contributed by atoms with E-state index in [0.717, 1.165) is 60.0 Å². The molecule has 3 aromatic rings. The number of piperidine rings is 1. The van der Waals surface area contributed by atoms with E-state index < -0.39 is 11.9 Å². The van der Waals surface area contributed by atoms with Crippen molar-refractivity contribution in [1.82, 2.24) is 4.90 Å². The summed E-state index contributed by atoms with van der Waals surface area (Å²) in [7, 11) is 0. The first-order valence-corrected chi connectivity index (χ1v) is 12.0. The fraction of sp³-hybridized carbons (Fsp3) is 0.321. The van der Waals surface area contributed by atoms with Crippen molar-refractivity contribution < 1.29 is 14.6 Å². The van der Waals surface area contributed by atoms with Gasteiger partial charge >= 0.3 is 5.97 Å². The fourth-order valence-corrected chi connectivity index (χ4v) is 4.61. The Morgan fingerprint density at radius 1 is 1.06 bits per heavy atom. The number of rotatable bonds is 8. The number of aliphatic carboxylic acids is 1. The number of fused-ring (bicyclic) bond motifs is 1. The highest BCUT2D eigenvalue weighted by molar-refractivity contribution is 5.99. The van der Waals surface area contributed by atoms with Gasteiger partial charge in [-0.15, -0.1) is 0 Å². The number of ether oxygens (including phenoxy) is 1. The third kappa shape index (κ3) is 5.80. The van der Waals surface area contributed by atoms with Gasteiger partial charge in [-0.05, 0) is 46.5 Å². The smallest absolute Gasteiger partial charge is 0.311 e. The van der Waals surface area contributed by atoms with E-state index >= 15 is 0 Å². The molecule has 0 bridgehead atoms. The molecule has 1 atom stereocenters. The molecule has 1 heterocycles. The van der Waals surface area contributed by atoms with Crippen LogP contribution >= 0.6 is 0 Å². The first-order valence-electron chi connectivity index (χ1n) is 12.0. The Morgan fingerprint density at radius 2 is 1.74 bits per heavy atom. The van der Waals surface area contributed by atoms with Crippen molar-refractivity contribution >= 4 is 28.4 Å². The normalized spacial score (nSPS) is 15.1. The van der Waals surface area contributed by atoms with Gasteiger partial charge in [0, 0.05) is 37.9 Å². The van der Waals surface area contributed by atoms with E-state index in [1.807, 2.05) is 67.6 Å². The van der Waals surface area contributed by atoms with Gasteiger partial charge in [0.1, 0.15) is 17.7 Å². The van der Waals surface area contributed by atoms with Crippen molar-refractivity contribution in [2.24, 2.45) is 5.73 Å². The number of carboxylic acids is 1. The van der Waals surface area contributed by atoms with E-state index in [1.54, 1.807) is 0 Å². The first kappa shape index (κ1) is 24.3. The maximum absolute atomic E-state index is 12.1. The monoisotopic (exact) mass is 472 g/mol. The molecule has 35 heavy (non-hydrogen) atoms. The number of hydrogen-bond donors (Lipinski definition) is 4. The Morgan fingerprint density at radius 3 is 2.37 bits per heavy atom. The lowest BCUT2D eigenvalue weighted by molar-refractivity contribution is -0.138. The molecule has 1 aliphatic rings. The largest absolute Gasteiger partial charge is 0.490 e. The number of nitrogens with zero attached hydrogens (tertiary/aromatic N) is 1. The van der Waals surface area contributed by atoms with Gasteiger partial charge in [0.2, 0.25) is 0 Å². The molecule has 3 aromatic carbocycles. The van der Waals surface area contributed by atoms with Gasteiger partial charge in [0.05, 0.1) is 11.8 Å². The predicted octanol–water partition coefficient (Wildman–Crippen LogP) is 4.77. The highest BCUT2D eigenvalue weighted by atomic mass is 16.5. The zero-order valence-electron chi connectivity index (χ0n) is 20.0. The summed E-state index contributed by atoms with van der Waals surface area (Å²) in [6.07, 6.45) is 2.95. The molecule has 0 amide bonds. The number of carboxylic acid groups (broad SMARTS) is 1. The van der Waals surface area contributed by atoms with Crippen LogP contribution in [-0.2, 0) is 11.2 Å². The minimum absolute atomic E-state index is 0.00834. The molecule has 0 spiro atoms. The highest BCUT2D eigenvalue weighted by Crippen LogP contribution is 2.27. The van der Waals surface area contributed by atoms with E-state index in [-0.39, 0.29) is 11.9 Å². The van der Waals surface area contributed by atoms with Crippen LogP contribution in [0.4, 0.5) is 0 Å².